The fourth-order valence-electron chi connectivity index (χ4n) is 3.46. The Balaban J connectivity index is 1.31. The largest absolute Gasteiger partial charge is 0.497 e. The van der Waals surface area contributed by atoms with Gasteiger partial charge in [0.2, 0.25) is 5.88 Å². The fraction of sp³-hybridized carbons (Fsp3) is 0.222. The number of benzene rings is 3. The molecule has 0 saturated heterocycles. The van der Waals surface area contributed by atoms with Gasteiger partial charge in [-0.05, 0) is 30.3 Å². The van der Waals surface area contributed by atoms with Crippen molar-refractivity contribution in [2.75, 3.05) is 39.9 Å². The second kappa shape index (κ2) is 12.7. The smallest absolute Gasteiger partial charge is 0.411 e. The van der Waals surface area contributed by atoms with Crippen LogP contribution in [0.15, 0.2) is 60.9 Å². The van der Waals surface area contributed by atoms with E-state index in [2.05, 4.69) is 15.3 Å². The number of carbonyl (C=O) groups excluding carboxylic acids is 1. The normalized spacial score (nSPS) is 10.5. The minimum atomic E-state index is -0.634. The number of halogens is 1. The Morgan fingerprint density at radius 3 is 2.42 bits per heavy atom. The maximum Gasteiger partial charge on any atom is 0.411 e. The molecule has 0 bridgehead atoms. The number of fused-ring (bicyclic) bond motifs is 1. The number of nitrogens with one attached hydrogen (secondary N) is 1. The van der Waals surface area contributed by atoms with Crippen LogP contribution in [0.1, 0.15) is 6.42 Å². The number of amides is 1. The Hall–Kier alpha value is -4.44. The number of nitrogens with zero attached hydrogens (tertiary/aromatic N) is 2. The van der Waals surface area contributed by atoms with Crippen LogP contribution in [0, 0.1) is 0 Å². The molecular weight excluding hydrogens is 514 g/mol. The van der Waals surface area contributed by atoms with Gasteiger partial charge in [-0.1, -0.05) is 17.7 Å². The molecule has 10 nitrogen and oxygen atoms in total. The minimum absolute atomic E-state index is 0.170. The summed E-state index contributed by atoms with van der Waals surface area (Å²) in [6.07, 6.45) is 1.26. The molecule has 0 aliphatic carbocycles. The van der Waals surface area contributed by atoms with Crippen molar-refractivity contribution in [2.45, 2.75) is 6.42 Å². The summed E-state index contributed by atoms with van der Waals surface area (Å²) in [4.78, 5) is 20.7. The van der Waals surface area contributed by atoms with Gasteiger partial charge in [0.25, 0.3) is 0 Å². The Morgan fingerprint density at radius 1 is 0.868 bits per heavy atom. The molecule has 4 aromatic rings. The maximum atomic E-state index is 12.2. The van der Waals surface area contributed by atoms with Gasteiger partial charge in [0.15, 0.2) is 11.5 Å². The van der Waals surface area contributed by atoms with E-state index in [-0.39, 0.29) is 11.6 Å². The van der Waals surface area contributed by atoms with Gasteiger partial charge in [0, 0.05) is 24.6 Å². The summed E-state index contributed by atoms with van der Waals surface area (Å²) < 4.78 is 32.7. The average molecular weight is 540 g/mol. The fourth-order valence-corrected chi connectivity index (χ4v) is 3.68. The second-order valence-electron chi connectivity index (χ2n) is 7.79. The number of methoxy groups -OCH3 is 3. The van der Waals surface area contributed by atoms with Crippen LogP contribution in [0.25, 0.3) is 10.9 Å². The topological polar surface area (TPSA) is 110 Å². The summed E-state index contributed by atoms with van der Waals surface area (Å²) in [7, 11) is 4.68. The predicted octanol–water partition coefficient (Wildman–Crippen LogP) is 6.12. The first-order valence-corrected chi connectivity index (χ1v) is 11.9. The quantitative estimate of drug-likeness (QED) is 0.225. The molecule has 0 aliphatic heterocycles. The van der Waals surface area contributed by atoms with Crippen LogP contribution in [-0.2, 0) is 4.74 Å². The zero-order valence-electron chi connectivity index (χ0n) is 21.0. The molecule has 0 saturated carbocycles. The molecule has 1 aromatic heterocycles. The molecule has 0 spiro atoms. The molecule has 0 aliphatic rings. The van der Waals surface area contributed by atoms with Crippen molar-refractivity contribution < 1.29 is 33.2 Å². The van der Waals surface area contributed by atoms with E-state index >= 15 is 0 Å². The van der Waals surface area contributed by atoms with Crippen LogP contribution in [0.5, 0.6) is 34.6 Å². The first-order chi connectivity index (χ1) is 18.5. The monoisotopic (exact) mass is 539 g/mol. The van der Waals surface area contributed by atoms with Crippen LogP contribution in [0.4, 0.5) is 10.5 Å². The summed E-state index contributed by atoms with van der Waals surface area (Å²) in [5, 5.41) is 3.51. The average Bonchev–Trinajstić information content (AvgIpc) is 2.93. The molecule has 38 heavy (non-hydrogen) atoms. The van der Waals surface area contributed by atoms with E-state index in [1.54, 1.807) is 57.7 Å². The number of aromatic nitrogens is 2. The Bertz CT molecular complexity index is 1420. The molecular formula is C27H26ClN3O7. The number of ether oxygens (including phenoxy) is 6. The van der Waals surface area contributed by atoms with Gasteiger partial charge in [-0.3, -0.25) is 5.32 Å². The molecule has 4 rings (SSSR count). The van der Waals surface area contributed by atoms with Gasteiger partial charge >= 0.3 is 6.09 Å². The van der Waals surface area contributed by atoms with Crippen molar-refractivity contribution in [3.05, 3.63) is 65.9 Å². The van der Waals surface area contributed by atoms with E-state index in [1.165, 1.54) is 6.33 Å². The van der Waals surface area contributed by atoms with Gasteiger partial charge < -0.3 is 28.4 Å². The molecule has 0 radical (unpaired) electrons. The zero-order valence-corrected chi connectivity index (χ0v) is 21.8. The van der Waals surface area contributed by atoms with Crippen molar-refractivity contribution in [3.8, 4) is 34.6 Å². The van der Waals surface area contributed by atoms with Crippen molar-refractivity contribution in [2.24, 2.45) is 0 Å². The number of hydrogen-bond acceptors (Lipinski definition) is 9. The lowest BCUT2D eigenvalue weighted by Gasteiger charge is -2.13. The number of carbonyl (C=O) groups is 1. The number of rotatable bonds is 11. The number of anilines is 1. The molecule has 0 fully saturated rings. The summed E-state index contributed by atoms with van der Waals surface area (Å²) >= 11 is 6.37. The van der Waals surface area contributed by atoms with E-state index in [0.717, 1.165) is 0 Å². The standard InChI is InChI=1S/C27H26ClN3O7/c1-33-17-6-4-7-18(12-17)36-10-5-11-37-27(32)31-22-9-8-19(13-21(22)28)38-26-20-14-24(34-2)25(35-3)15-23(20)29-16-30-26/h4,6-9,12-16H,5,10-11H2,1-3H3,(H,31,32). The first kappa shape index (κ1) is 26.6. The molecule has 0 unspecified atom stereocenters. The minimum Gasteiger partial charge on any atom is -0.497 e. The molecule has 3 aromatic carbocycles. The first-order valence-electron chi connectivity index (χ1n) is 11.6. The van der Waals surface area contributed by atoms with E-state index in [1.807, 2.05) is 18.2 Å². The van der Waals surface area contributed by atoms with Crippen LogP contribution in [-0.4, -0.2) is 50.6 Å². The lowest BCUT2D eigenvalue weighted by Crippen LogP contribution is -2.15. The maximum absolute atomic E-state index is 12.2. The second-order valence-corrected chi connectivity index (χ2v) is 8.20. The molecule has 198 valence electrons. The third kappa shape index (κ3) is 6.65. The Morgan fingerprint density at radius 2 is 1.66 bits per heavy atom. The highest BCUT2D eigenvalue weighted by Gasteiger charge is 2.14. The SMILES string of the molecule is COc1cccc(OCCCOC(=O)Nc2ccc(Oc3ncnc4cc(OC)c(OC)cc34)cc2Cl)c1. The van der Waals surface area contributed by atoms with E-state index in [9.17, 15) is 4.79 Å². The van der Waals surface area contributed by atoms with Crippen LogP contribution in [0.3, 0.4) is 0 Å². The van der Waals surface area contributed by atoms with E-state index in [0.29, 0.717) is 64.2 Å². The highest BCUT2D eigenvalue weighted by molar-refractivity contribution is 6.33. The summed E-state index contributed by atoms with van der Waals surface area (Å²) in [6.45, 7) is 0.549. The van der Waals surface area contributed by atoms with Crippen molar-refractivity contribution in [3.63, 3.8) is 0 Å². The lowest BCUT2D eigenvalue weighted by molar-refractivity contribution is 0.152. The molecule has 1 amide bonds. The Labute approximate surface area is 224 Å². The molecule has 1 heterocycles. The third-order valence-electron chi connectivity index (χ3n) is 5.33. The highest BCUT2D eigenvalue weighted by Crippen LogP contribution is 2.36. The van der Waals surface area contributed by atoms with Crippen LogP contribution in [0.2, 0.25) is 5.02 Å². The van der Waals surface area contributed by atoms with Crippen molar-refractivity contribution in [1.82, 2.24) is 9.97 Å². The van der Waals surface area contributed by atoms with Gasteiger partial charge in [0.1, 0.15) is 23.6 Å². The van der Waals surface area contributed by atoms with Crippen molar-refractivity contribution >= 4 is 34.3 Å². The van der Waals surface area contributed by atoms with Gasteiger partial charge in [-0.25, -0.2) is 14.8 Å². The number of hydrogen-bond donors (Lipinski definition) is 1. The predicted molar refractivity (Wildman–Crippen MR) is 142 cm³/mol. The van der Waals surface area contributed by atoms with E-state index < -0.39 is 6.09 Å². The van der Waals surface area contributed by atoms with Crippen LogP contribution < -0.4 is 29.0 Å². The van der Waals surface area contributed by atoms with Gasteiger partial charge in [-0.15, -0.1) is 0 Å². The summed E-state index contributed by atoms with van der Waals surface area (Å²) in [5.74, 6) is 3.16. The molecule has 0 atom stereocenters. The van der Waals surface area contributed by atoms with Crippen molar-refractivity contribution in [1.29, 1.82) is 0 Å². The zero-order chi connectivity index (χ0) is 26.9. The van der Waals surface area contributed by atoms with E-state index in [4.69, 9.17) is 40.0 Å². The van der Waals surface area contributed by atoms with Gasteiger partial charge in [-0.2, -0.15) is 0 Å². The van der Waals surface area contributed by atoms with Gasteiger partial charge in [0.05, 0.1) is 56.2 Å². The lowest BCUT2D eigenvalue weighted by atomic mass is 10.2. The summed E-state index contributed by atoms with van der Waals surface area (Å²) in [5.41, 5.74) is 0.990. The highest BCUT2D eigenvalue weighted by atomic mass is 35.5. The Kier molecular flexibility index (Phi) is 8.89. The molecule has 1 N–H and O–H groups in total. The van der Waals surface area contributed by atoms with Crippen LogP contribution >= 0.6 is 11.6 Å². The molecule has 11 heteroatoms. The third-order valence-corrected chi connectivity index (χ3v) is 5.64. The summed E-state index contributed by atoms with van der Waals surface area (Å²) in [6, 6.07) is 15.6.